The average Bonchev–Trinajstić information content (AvgIpc) is 2.19. The van der Waals surface area contributed by atoms with Crippen molar-refractivity contribution < 1.29 is 0 Å². The van der Waals surface area contributed by atoms with Gasteiger partial charge in [0, 0.05) is 6.04 Å². The highest BCUT2D eigenvalue weighted by molar-refractivity contribution is 5.33. The number of hydrogen-bond donors (Lipinski definition) is 1. The van der Waals surface area contributed by atoms with Crippen LogP contribution in [0.5, 0.6) is 0 Å². The van der Waals surface area contributed by atoms with Crippen molar-refractivity contribution in [3.8, 4) is 0 Å². The molecular weight excluding hydrogens is 170 g/mol. The largest absolute Gasteiger partial charge is 0.324 e. The molecule has 0 aliphatic carbocycles. The first-order chi connectivity index (χ1) is 6.56. The first-order valence-electron chi connectivity index (χ1n) is 5.39. The van der Waals surface area contributed by atoms with E-state index in [1.807, 2.05) is 0 Å². The minimum atomic E-state index is 0.180. The molecule has 0 bridgehead atoms. The van der Waals surface area contributed by atoms with Crippen LogP contribution in [-0.4, -0.2) is 0 Å². The summed E-state index contributed by atoms with van der Waals surface area (Å²) in [4.78, 5) is 0. The van der Waals surface area contributed by atoms with Gasteiger partial charge in [0.2, 0.25) is 0 Å². The van der Waals surface area contributed by atoms with Gasteiger partial charge in [-0.25, -0.2) is 0 Å². The molecule has 0 radical (unpaired) electrons. The Morgan fingerprint density at radius 3 is 2.50 bits per heavy atom. The zero-order valence-corrected chi connectivity index (χ0v) is 9.67. The number of aryl methyl sites for hydroxylation is 2. The van der Waals surface area contributed by atoms with Crippen molar-refractivity contribution in [3.05, 3.63) is 34.9 Å². The smallest absolute Gasteiger partial charge is 0.0323 e. The van der Waals surface area contributed by atoms with Gasteiger partial charge in [0.25, 0.3) is 0 Å². The van der Waals surface area contributed by atoms with E-state index in [9.17, 15) is 0 Å². The van der Waals surface area contributed by atoms with Gasteiger partial charge in [0.05, 0.1) is 0 Å². The molecule has 1 nitrogen and oxygen atoms in total. The summed E-state index contributed by atoms with van der Waals surface area (Å²) in [5, 5.41) is 0. The van der Waals surface area contributed by atoms with Crippen molar-refractivity contribution in [1.82, 2.24) is 0 Å². The summed E-state index contributed by atoms with van der Waals surface area (Å²) in [6.45, 7) is 8.66. The van der Waals surface area contributed by atoms with Gasteiger partial charge < -0.3 is 5.73 Å². The third kappa shape index (κ3) is 2.36. The normalized spacial score (nSPS) is 15.2. The lowest BCUT2D eigenvalue weighted by Gasteiger charge is -2.21. The molecule has 78 valence electrons. The van der Waals surface area contributed by atoms with E-state index in [4.69, 9.17) is 5.73 Å². The third-order valence-corrected chi connectivity index (χ3v) is 3.05. The van der Waals surface area contributed by atoms with Gasteiger partial charge in [-0.1, -0.05) is 44.0 Å². The molecule has 1 heteroatoms. The zero-order chi connectivity index (χ0) is 10.7. The molecule has 1 unspecified atom stereocenters. The highest BCUT2D eigenvalue weighted by atomic mass is 14.6. The molecular formula is C13H21N. The molecule has 0 fully saturated rings. The zero-order valence-electron chi connectivity index (χ0n) is 9.67. The lowest BCUT2D eigenvalue weighted by atomic mass is 9.90. The molecule has 0 amide bonds. The van der Waals surface area contributed by atoms with Crippen LogP contribution in [0.1, 0.15) is 43.0 Å². The fourth-order valence-corrected chi connectivity index (χ4v) is 1.68. The molecule has 0 heterocycles. The second-order valence-electron chi connectivity index (χ2n) is 4.27. The predicted octanol–water partition coefficient (Wildman–Crippen LogP) is 3.35. The number of hydrogen-bond acceptors (Lipinski definition) is 1. The first kappa shape index (κ1) is 11.3. The van der Waals surface area contributed by atoms with Crippen LogP contribution in [0, 0.1) is 19.8 Å². The molecule has 14 heavy (non-hydrogen) atoms. The van der Waals surface area contributed by atoms with Crippen LogP contribution in [0.15, 0.2) is 18.2 Å². The van der Waals surface area contributed by atoms with E-state index in [-0.39, 0.29) is 6.04 Å². The van der Waals surface area contributed by atoms with Crippen molar-refractivity contribution in [2.75, 3.05) is 0 Å². The molecule has 2 atom stereocenters. The third-order valence-electron chi connectivity index (χ3n) is 3.05. The van der Waals surface area contributed by atoms with Crippen molar-refractivity contribution >= 4 is 0 Å². The monoisotopic (exact) mass is 191 g/mol. The van der Waals surface area contributed by atoms with E-state index < -0.39 is 0 Å². The molecule has 0 saturated carbocycles. The molecule has 0 saturated heterocycles. The SMILES string of the molecule is CCC(C)[C@@H](N)c1cc(C)ccc1C. The summed E-state index contributed by atoms with van der Waals surface area (Å²) in [7, 11) is 0. The van der Waals surface area contributed by atoms with E-state index in [0.717, 1.165) is 6.42 Å². The van der Waals surface area contributed by atoms with Crippen LogP contribution in [0.4, 0.5) is 0 Å². The quantitative estimate of drug-likeness (QED) is 0.779. The number of rotatable bonds is 3. The summed E-state index contributed by atoms with van der Waals surface area (Å²) >= 11 is 0. The Kier molecular flexibility index (Phi) is 3.70. The second kappa shape index (κ2) is 4.61. The van der Waals surface area contributed by atoms with Crippen LogP contribution >= 0.6 is 0 Å². The summed E-state index contributed by atoms with van der Waals surface area (Å²) in [5.41, 5.74) is 10.1. The Morgan fingerprint density at radius 2 is 1.93 bits per heavy atom. The van der Waals surface area contributed by atoms with Crippen LogP contribution in [0.2, 0.25) is 0 Å². The molecule has 1 rings (SSSR count). The van der Waals surface area contributed by atoms with E-state index in [0.29, 0.717) is 5.92 Å². The van der Waals surface area contributed by atoms with Crippen LogP contribution in [0.25, 0.3) is 0 Å². The average molecular weight is 191 g/mol. The van der Waals surface area contributed by atoms with E-state index >= 15 is 0 Å². The second-order valence-corrected chi connectivity index (χ2v) is 4.27. The highest BCUT2D eigenvalue weighted by Gasteiger charge is 2.14. The standard InChI is InChI=1S/C13H21N/c1-5-10(3)13(14)12-8-9(2)6-7-11(12)4/h6-8,10,13H,5,14H2,1-4H3/t10?,13-/m1/s1. The molecule has 2 N–H and O–H groups in total. The van der Waals surface area contributed by atoms with Crippen molar-refractivity contribution in [3.63, 3.8) is 0 Å². The van der Waals surface area contributed by atoms with Gasteiger partial charge in [-0.05, 0) is 30.9 Å². The fourth-order valence-electron chi connectivity index (χ4n) is 1.68. The fraction of sp³-hybridized carbons (Fsp3) is 0.538. The number of benzene rings is 1. The van der Waals surface area contributed by atoms with Gasteiger partial charge in [-0.2, -0.15) is 0 Å². The van der Waals surface area contributed by atoms with Gasteiger partial charge >= 0.3 is 0 Å². The van der Waals surface area contributed by atoms with Gasteiger partial charge in [-0.3, -0.25) is 0 Å². The van der Waals surface area contributed by atoms with Crippen molar-refractivity contribution in [2.45, 2.75) is 40.2 Å². The van der Waals surface area contributed by atoms with E-state index in [1.165, 1.54) is 16.7 Å². The summed E-state index contributed by atoms with van der Waals surface area (Å²) in [6, 6.07) is 6.70. The molecule has 0 aromatic heterocycles. The molecule has 0 aliphatic heterocycles. The minimum absolute atomic E-state index is 0.180. The summed E-state index contributed by atoms with van der Waals surface area (Å²) in [5.74, 6) is 0.551. The van der Waals surface area contributed by atoms with Crippen LogP contribution < -0.4 is 5.73 Å². The molecule has 1 aromatic carbocycles. The first-order valence-corrected chi connectivity index (χ1v) is 5.39. The lowest BCUT2D eigenvalue weighted by molar-refractivity contribution is 0.455. The topological polar surface area (TPSA) is 26.0 Å². The molecule has 1 aromatic rings. The Balaban J connectivity index is 2.99. The molecule has 0 aliphatic rings. The predicted molar refractivity (Wildman–Crippen MR) is 62.3 cm³/mol. The maximum Gasteiger partial charge on any atom is 0.0323 e. The lowest BCUT2D eigenvalue weighted by Crippen LogP contribution is -2.19. The summed E-state index contributed by atoms with van der Waals surface area (Å²) < 4.78 is 0. The Morgan fingerprint density at radius 1 is 1.29 bits per heavy atom. The van der Waals surface area contributed by atoms with Gasteiger partial charge in [0.15, 0.2) is 0 Å². The van der Waals surface area contributed by atoms with Crippen molar-refractivity contribution in [1.29, 1.82) is 0 Å². The maximum absolute atomic E-state index is 6.22. The molecule has 0 spiro atoms. The van der Waals surface area contributed by atoms with Crippen molar-refractivity contribution in [2.24, 2.45) is 11.7 Å². The van der Waals surface area contributed by atoms with Crippen LogP contribution in [-0.2, 0) is 0 Å². The number of nitrogens with two attached hydrogens (primary N) is 1. The minimum Gasteiger partial charge on any atom is -0.324 e. The Hall–Kier alpha value is -0.820. The Labute approximate surface area is 87.3 Å². The highest BCUT2D eigenvalue weighted by Crippen LogP contribution is 2.25. The summed E-state index contributed by atoms with van der Waals surface area (Å²) in [6.07, 6.45) is 1.13. The van der Waals surface area contributed by atoms with Gasteiger partial charge in [0.1, 0.15) is 0 Å². The van der Waals surface area contributed by atoms with Crippen LogP contribution in [0.3, 0.4) is 0 Å². The maximum atomic E-state index is 6.22. The van der Waals surface area contributed by atoms with E-state index in [1.54, 1.807) is 0 Å². The Bertz CT molecular complexity index is 304. The van der Waals surface area contributed by atoms with Gasteiger partial charge in [-0.15, -0.1) is 0 Å². The van der Waals surface area contributed by atoms with E-state index in [2.05, 4.69) is 45.9 Å².